The first-order valence-electron chi connectivity index (χ1n) is 5.76. The van der Waals surface area contributed by atoms with Gasteiger partial charge in [0.15, 0.2) is 0 Å². The van der Waals surface area contributed by atoms with Gasteiger partial charge in [-0.3, -0.25) is 11.3 Å². The van der Waals surface area contributed by atoms with E-state index in [2.05, 4.69) is 5.43 Å². The minimum absolute atomic E-state index is 0.172. The van der Waals surface area contributed by atoms with Gasteiger partial charge in [-0.2, -0.15) is 0 Å². The molecule has 0 saturated carbocycles. The lowest BCUT2D eigenvalue weighted by Gasteiger charge is -2.17. The van der Waals surface area contributed by atoms with Gasteiger partial charge in [0, 0.05) is 11.6 Å². The molecule has 0 aliphatic rings. The summed E-state index contributed by atoms with van der Waals surface area (Å²) in [5, 5.41) is 0. The van der Waals surface area contributed by atoms with Crippen LogP contribution in [0.3, 0.4) is 0 Å². The Balaban J connectivity index is 2.28. The third-order valence-electron chi connectivity index (χ3n) is 2.92. The van der Waals surface area contributed by atoms with Crippen molar-refractivity contribution in [1.29, 1.82) is 0 Å². The van der Waals surface area contributed by atoms with Gasteiger partial charge in [-0.1, -0.05) is 24.3 Å². The molecule has 0 fully saturated rings. The molecule has 0 spiro atoms. The van der Waals surface area contributed by atoms with Crippen LogP contribution in [0.2, 0.25) is 0 Å². The van der Waals surface area contributed by atoms with Crippen molar-refractivity contribution < 1.29 is 13.2 Å². The smallest absolute Gasteiger partial charge is 0.130 e. The molecule has 100 valence electrons. The predicted molar refractivity (Wildman–Crippen MR) is 66.5 cm³/mol. The van der Waals surface area contributed by atoms with Gasteiger partial charge in [-0.25, -0.2) is 13.2 Å². The monoisotopic (exact) mass is 266 g/mol. The molecular formula is C14H13F3N2. The standard InChI is InChI=1S/C14H13F3N2/c15-10-5-6-11(13(17)8-10)14(19-18)7-9-3-1-2-4-12(9)16/h1-6,8,14,19H,7,18H2. The summed E-state index contributed by atoms with van der Waals surface area (Å²) in [6.07, 6.45) is 0.172. The van der Waals surface area contributed by atoms with Gasteiger partial charge < -0.3 is 0 Å². The van der Waals surface area contributed by atoms with Gasteiger partial charge in [-0.15, -0.1) is 0 Å². The van der Waals surface area contributed by atoms with Crippen LogP contribution in [0, 0.1) is 17.5 Å². The Bertz CT molecular complexity index is 572. The Kier molecular flexibility index (Phi) is 4.19. The van der Waals surface area contributed by atoms with Crippen molar-refractivity contribution in [1.82, 2.24) is 5.43 Å². The second kappa shape index (κ2) is 5.86. The molecular weight excluding hydrogens is 253 g/mol. The molecule has 2 nitrogen and oxygen atoms in total. The Morgan fingerprint density at radius 1 is 1.00 bits per heavy atom. The Labute approximate surface area is 109 Å². The Morgan fingerprint density at radius 2 is 1.74 bits per heavy atom. The maximum Gasteiger partial charge on any atom is 0.130 e. The summed E-state index contributed by atoms with van der Waals surface area (Å²) in [5.41, 5.74) is 3.04. The number of rotatable bonds is 4. The zero-order chi connectivity index (χ0) is 13.8. The normalized spacial score (nSPS) is 12.4. The number of benzene rings is 2. The topological polar surface area (TPSA) is 38.0 Å². The first kappa shape index (κ1) is 13.6. The molecule has 0 aromatic heterocycles. The van der Waals surface area contributed by atoms with Crippen molar-refractivity contribution in [2.45, 2.75) is 12.5 Å². The van der Waals surface area contributed by atoms with Crippen LogP contribution in [0.15, 0.2) is 42.5 Å². The van der Waals surface area contributed by atoms with Crippen molar-refractivity contribution in [3.8, 4) is 0 Å². The van der Waals surface area contributed by atoms with E-state index in [4.69, 9.17) is 5.84 Å². The predicted octanol–water partition coefficient (Wildman–Crippen LogP) is 2.85. The summed E-state index contributed by atoms with van der Waals surface area (Å²) in [6.45, 7) is 0. The SMILES string of the molecule is NNC(Cc1ccccc1F)c1ccc(F)cc1F. The number of nitrogens with two attached hydrogens (primary N) is 1. The highest BCUT2D eigenvalue weighted by Gasteiger charge is 2.17. The molecule has 0 amide bonds. The summed E-state index contributed by atoms with van der Waals surface area (Å²) in [6, 6.07) is 8.78. The average molecular weight is 266 g/mol. The molecule has 5 heteroatoms. The highest BCUT2D eigenvalue weighted by molar-refractivity contribution is 5.26. The van der Waals surface area contributed by atoms with Gasteiger partial charge in [0.1, 0.15) is 17.5 Å². The molecule has 2 aromatic carbocycles. The molecule has 3 N–H and O–H groups in total. The van der Waals surface area contributed by atoms with Crippen molar-refractivity contribution in [3.63, 3.8) is 0 Å². The maximum absolute atomic E-state index is 13.7. The van der Waals surface area contributed by atoms with Gasteiger partial charge >= 0.3 is 0 Å². The Hall–Kier alpha value is -1.85. The van der Waals surface area contributed by atoms with E-state index in [1.54, 1.807) is 18.2 Å². The summed E-state index contributed by atoms with van der Waals surface area (Å²) in [7, 11) is 0. The van der Waals surface area contributed by atoms with Gasteiger partial charge in [-0.05, 0) is 24.1 Å². The fraction of sp³-hybridized carbons (Fsp3) is 0.143. The quantitative estimate of drug-likeness (QED) is 0.659. The average Bonchev–Trinajstić information content (AvgIpc) is 2.39. The van der Waals surface area contributed by atoms with Crippen LogP contribution in [-0.2, 0) is 6.42 Å². The minimum atomic E-state index is -0.709. The zero-order valence-corrected chi connectivity index (χ0v) is 10.0. The molecule has 19 heavy (non-hydrogen) atoms. The highest BCUT2D eigenvalue weighted by atomic mass is 19.1. The first-order chi connectivity index (χ1) is 9.11. The Morgan fingerprint density at radius 3 is 2.37 bits per heavy atom. The summed E-state index contributed by atoms with van der Waals surface area (Å²) >= 11 is 0. The van der Waals surface area contributed by atoms with Crippen molar-refractivity contribution in [2.24, 2.45) is 5.84 Å². The van der Waals surface area contributed by atoms with Crippen LogP contribution >= 0.6 is 0 Å². The molecule has 0 radical (unpaired) electrons. The molecule has 1 atom stereocenters. The van der Waals surface area contributed by atoms with Crippen molar-refractivity contribution in [3.05, 3.63) is 71.0 Å². The molecule has 0 aliphatic carbocycles. The van der Waals surface area contributed by atoms with E-state index in [1.807, 2.05) is 0 Å². The van der Waals surface area contributed by atoms with E-state index in [9.17, 15) is 13.2 Å². The second-order valence-corrected chi connectivity index (χ2v) is 4.18. The fourth-order valence-electron chi connectivity index (χ4n) is 1.93. The lowest BCUT2D eigenvalue weighted by atomic mass is 9.98. The van der Waals surface area contributed by atoms with E-state index in [1.165, 1.54) is 12.1 Å². The highest BCUT2D eigenvalue weighted by Crippen LogP contribution is 2.22. The first-order valence-corrected chi connectivity index (χ1v) is 5.76. The van der Waals surface area contributed by atoms with Crippen LogP contribution in [0.4, 0.5) is 13.2 Å². The van der Waals surface area contributed by atoms with E-state index in [-0.39, 0.29) is 17.8 Å². The van der Waals surface area contributed by atoms with Crippen molar-refractivity contribution in [2.75, 3.05) is 0 Å². The third kappa shape index (κ3) is 3.13. The number of nitrogens with one attached hydrogen (secondary N) is 1. The van der Waals surface area contributed by atoms with E-state index in [0.29, 0.717) is 5.56 Å². The van der Waals surface area contributed by atoms with Crippen LogP contribution in [-0.4, -0.2) is 0 Å². The molecule has 1 unspecified atom stereocenters. The molecule has 2 aromatic rings. The van der Waals surface area contributed by atoms with Crippen LogP contribution in [0.5, 0.6) is 0 Å². The van der Waals surface area contributed by atoms with Gasteiger partial charge in [0.25, 0.3) is 0 Å². The number of halogens is 3. The third-order valence-corrected chi connectivity index (χ3v) is 2.92. The lowest BCUT2D eigenvalue weighted by Crippen LogP contribution is -2.30. The molecule has 0 aliphatic heterocycles. The maximum atomic E-state index is 13.7. The zero-order valence-electron chi connectivity index (χ0n) is 10.0. The second-order valence-electron chi connectivity index (χ2n) is 4.18. The minimum Gasteiger partial charge on any atom is -0.271 e. The van der Waals surface area contributed by atoms with E-state index < -0.39 is 17.7 Å². The number of hydrazine groups is 1. The molecule has 0 heterocycles. The van der Waals surface area contributed by atoms with Gasteiger partial charge in [0.05, 0.1) is 6.04 Å². The summed E-state index contributed by atoms with van der Waals surface area (Å²) < 4.78 is 40.1. The van der Waals surface area contributed by atoms with Crippen molar-refractivity contribution >= 4 is 0 Å². The number of hydrogen-bond acceptors (Lipinski definition) is 2. The molecule has 2 rings (SSSR count). The van der Waals surface area contributed by atoms with Gasteiger partial charge in [0.2, 0.25) is 0 Å². The largest absolute Gasteiger partial charge is 0.271 e. The van der Waals surface area contributed by atoms with Crippen LogP contribution in [0.1, 0.15) is 17.2 Å². The number of hydrogen-bond donors (Lipinski definition) is 2. The van der Waals surface area contributed by atoms with E-state index in [0.717, 1.165) is 12.1 Å². The summed E-state index contributed by atoms with van der Waals surface area (Å²) in [5.74, 6) is 3.62. The fourth-order valence-corrected chi connectivity index (χ4v) is 1.93. The van der Waals surface area contributed by atoms with E-state index >= 15 is 0 Å². The van der Waals surface area contributed by atoms with Crippen LogP contribution < -0.4 is 11.3 Å². The summed E-state index contributed by atoms with van der Waals surface area (Å²) in [4.78, 5) is 0. The molecule has 0 bridgehead atoms. The lowest BCUT2D eigenvalue weighted by molar-refractivity contribution is 0.492. The molecule has 0 saturated heterocycles. The van der Waals surface area contributed by atoms with Crippen LogP contribution in [0.25, 0.3) is 0 Å².